The Bertz CT molecular complexity index is 1010. The summed E-state index contributed by atoms with van der Waals surface area (Å²) >= 11 is 12.3. The highest BCUT2D eigenvalue weighted by molar-refractivity contribution is 6.33. The molecule has 1 atom stereocenters. The Labute approximate surface area is 160 Å². The number of alkyl halides is 1. The zero-order chi connectivity index (χ0) is 18.1. The molecule has 0 aliphatic heterocycles. The molecule has 7 heteroatoms. The molecule has 1 unspecified atom stereocenters. The van der Waals surface area contributed by atoms with E-state index in [4.69, 9.17) is 27.9 Å². The molecule has 0 amide bonds. The molecule has 1 N–H and O–H groups in total. The summed E-state index contributed by atoms with van der Waals surface area (Å²) in [6.45, 7) is 0.319. The zero-order valence-electron chi connectivity index (χ0n) is 13.9. The molecule has 0 bridgehead atoms. The van der Waals surface area contributed by atoms with Gasteiger partial charge in [-0.2, -0.15) is 10.4 Å². The fourth-order valence-corrected chi connectivity index (χ4v) is 4.09. The van der Waals surface area contributed by atoms with Gasteiger partial charge in [0, 0.05) is 17.5 Å². The van der Waals surface area contributed by atoms with Crippen molar-refractivity contribution in [1.29, 1.82) is 5.26 Å². The van der Waals surface area contributed by atoms with E-state index in [-0.39, 0.29) is 5.92 Å². The molecule has 4 rings (SSSR count). The van der Waals surface area contributed by atoms with E-state index in [1.807, 2.05) is 12.3 Å². The minimum Gasteiger partial charge on any atom is -0.489 e. The molecule has 26 heavy (non-hydrogen) atoms. The Balaban J connectivity index is 1.82. The van der Waals surface area contributed by atoms with Crippen molar-refractivity contribution < 1.29 is 4.74 Å². The predicted octanol–water partition coefficient (Wildman–Crippen LogP) is 4.57. The molecule has 0 spiro atoms. The average Bonchev–Trinajstić information content (AvgIpc) is 3.14. The normalized spacial score (nSPS) is 16.3. The maximum atomic E-state index is 9.57. The van der Waals surface area contributed by atoms with E-state index in [0.717, 1.165) is 47.0 Å². The van der Waals surface area contributed by atoms with E-state index >= 15 is 0 Å². The molecular formula is C19H16Cl2N4O. The summed E-state index contributed by atoms with van der Waals surface area (Å²) in [7, 11) is 0. The molecule has 0 radical (unpaired) electrons. The summed E-state index contributed by atoms with van der Waals surface area (Å²) < 4.78 is 5.65. The van der Waals surface area contributed by atoms with Gasteiger partial charge in [0.25, 0.3) is 0 Å². The van der Waals surface area contributed by atoms with Crippen LogP contribution in [0.15, 0.2) is 24.5 Å². The van der Waals surface area contributed by atoms with Gasteiger partial charge < -0.3 is 4.74 Å². The highest BCUT2D eigenvalue weighted by Crippen LogP contribution is 2.44. The second-order valence-corrected chi connectivity index (χ2v) is 7.06. The van der Waals surface area contributed by atoms with Crippen molar-refractivity contribution in [3.05, 3.63) is 51.8 Å². The maximum Gasteiger partial charge on any atom is 0.155 e. The Morgan fingerprint density at radius 2 is 2.23 bits per heavy atom. The third-order valence-electron chi connectivity index (χ3n) is 4.81. The first-order valence-corrected chi connectivity index (χ1v) is 9.37. The van der Waals surface area contributed by atoms with Crippen molar-refractivity contribution in [2.24, 2.45) is 0 Å². The number of fused-ring (bicyclic) bond motifs is 2. The molecule has 2 aromatic heterocycles. The zero-order valence-corrected chi connectivity index (χ0v) is 15.4. The highest BCUT2D eigenvalue weighted by atomic mass is 35.5. The molecular weight excluding hydrogens is 371 g/mol. The number of hydrogen-bond acceptors (Lipinski definition) is 4. The van der Waals surface area contributed by atoms with Crippen LogP contribution in [0.1, 0.15) is 41.0 Å². The largest absolute Gasteiger partial charge is 0.489 e. The second-order valence-electron chi connectivity index (χ2n) is 6.31. The van der Waals surface area contributed by atoms with E-state index in [9.17, 15) is 5.26 Å². The van der Waals surface area contributed by atoms with E-state index in [0.29, 0.717) is 28.8 Å². The number of nitriles is 1. The number of H-pyrrole nitrogens is 1. The third kappa shape index (κ3) is 2.90. The number of pyridine rings is 1. The van der Waals surface area contributed by atoms with Crippen LogP contribution in [0.25, 0.3) is 11.0 Å². The van der Waals surface area contributed by atoms with Crippen LogP contribution in [0.2, 0.25) is 5.02 Å². The lowest BCUT2D eigenvalue weighted by Crippen LogP contribution is -2.14. The summed E-state index contributed by atoms with van der Waals surface area (Å²) in [5.74, 6) is 0.937. The van der Waals surface area contributed by atoms with Gasteiger partial charge >= 0.3 is 0 Å². The van der Waals surface area contributed by atoms with Gasteiger partial charge in [-0.05, 0) is 48.1 Å². The first kappa shape index (κ1) is 17.1. The van der Waals surface area contributed by atoms with Crippen LogP contribution in [-0.2, 0) is 6.42 Å². The maximum absolute atomic E-state index is 9.57. The number of ether oxygens (including phenoxy) is 1. The minimum atomic E-state index is 0.150. The predicted molar refractivity (Wildman–Crippen MR) is 101 cm³/mol. The summed E-state index contributed by atoms with van der Waals surface area (Å²) in [6, 6.07) is 6.22. The summed E-state index contributed by atoms with van der Waals surface area (Å²) in [5.41, 5.74) is 4.46. The van der Waals surface area contributed by atoms with Crippen molar-refractivity contribution >= 4 is 34.2 Å². The Morgan fingerprint density at radius 3 is 3.04 bits per heavy atom. The molecule has 132 valence electrons. The van der Waals surface area contributed by atoms with Gasteiger partial charge in [0.15, 0.2) is 11.4 Å². The number of aromatic amines is 1. The van der Waals surface area contributed by atoms with Crippen molar-refractivity contribution in [2.45, 2.75) is 25.2 Å². The average molecular weight is 387 g/mol. The number of nitrogens with zero attached hydrogens (tertiary/aromatic N) is 3. The first-order chi connectivity index (χ1) is 12.7. The van der Waals surface area contributed by atoms with Crippen LogP contribution in [-0.4, -0.2) is 27.7 Å². The monoisotopic (exact) mass is 386 g/mol. The number of benzene rings is 1. The van der Waals surface area contributed by atoms with Crippen molar-refractivity contribution in [1.82, 2.24) is 15.2 Å². The molecule has 5 nitrogen and oxygen atoms in total. The van der Waals surface area contributed by atoms with Gasteiger partial charge in [0.1, 0.15) is 12.7 Å². The minimum absolute atomic E-state index is 0.150. The van der Waals surface area contributed by atoms with Crippen LogP contribution in [0.5, 0.6) is 5.75 Å². The van der Waals surface area contributed by atoms with Gasteiger partial charge in [0.2, 0.25) is 0 Å². The topological polar surface area (TPSA) is 74.6 Å². The SMILES string of the molecule is N#Cc1cc2c(c(Cl)c1OCCCl)CCCC2c1cnc2[nH]ncc2c1. The third-order valence-corrected chi connectivity index (χ3v) is 5.37. The van der Waals surface area contributed by atoms with Gasteiger partial charge in [-0.15, -0.1) is 11.6 Å². The fourth-order valence-electron chi connectivity index (χ4n) is 3.65. The van der Waals surface area contributed by atoms with Gasteiger partial charge in [-0.3, -0.25) is 5.10 Å². The van der Waals surface area contributed by atoms with Crippen LogP contribution >= 0.6 is 23.2 Å². The molecule has 1 aliphatic rings. The van der Waals surface area contributed by atoms with E-state index < -0.39 is 0 Å². The van der Waals surface area contributed by atoms with Crippen LogP contribution in [0.3, 0.4) is 0 Å². The molecule has 1 aliphatic carbocycles. The number of hydrogen-bond donors (Lipinski definition) is 1. The van der Waals surface area contributed by atoms with E-state index in [1.54, 1.807) is 6.20 Å². The Kier molecular flexibility index (Phi) is 4.71. The van der Waals surface area contributed by atoms with Crippen molar-refractivity contribution in [3.63, 3.8) is 0 Å². The molecule has 0 saturated heterocycles. The van der Waals surface area contributed by atoms with Gasteiger partial charge in [0.05, 0.1) is 22.7 Å². The Hall–Kier alpha value is -2.29. The lowest BCUT2D eigenvalue weighted by molar-refractivity contribution is 0.341. The van der Waals surface area contributed by atoms with Crippen LogP contribution in [0.4, 0.5) is 0 Å². The first-order valence-electron chi connectivity index (χ1n) is 8.46. The van der Waals surface area contributed by atoms with E-state index in [2.05, 4.69) is 27.3 Å². The highest BCUT2D eigenvalue weighted by Gasteiger charge is 2.28. The fraction of sp³-hybridized carbons (Fsp3) is 0.316. The Morgan fingerprint density at radius 1 is 1.35 bits per heavy atom. The van der Waals surface area contributed by atoms with Gasteiger partial charge in [-0.25, -0.2) is 4.98 Å². The smallest absolute Gasteiger partial charge is 0.155 e. The molecule has 0 saturated carbocycles. The molecule has 3 aromatic rings. The standard InChI is InChI=1S/C19H16Cl2N4O/c20-4-5-26-18-11(8-22)7-16-14(2-1-3-15(16)17(18)21)12-6-13-10-24-25-19(13)23-9-12/h6-7,9-10,14H,1-5H2,(H,23,24,25). The van der Waals surface area contributed by atoms with Crippen LogP contribution in [0, 0.1) is 11.3 Å². The quantitative estimate of drug-likeness (QED) is 0.666. The van der Waals surface area contributed by atoms with Gasteiger partial charge in [-0.1, -0.05) is 11.6 Å². The number of rotatable bonds is 4. The number of aromatic nitrogens is 3. The van der Waals surface area contributed by atoms with Crippen LogP contribution < -0.4 is 4.74 Å². The summed E-state index contributed by atoms with van der Waals surface area (Å²) in [5, 5.41) is 18.0. The second kappa shape index (κ2) is 7.14. The lowest BCUT2D eigenvalue weighted by Gasteiger charge is -2.28. The molecule has 2 heterocycles. The van der Waals surface area contributed by atoms with E-state index in [1.165, 1.54) is 0 Å². The van der Waals surface area contributed by atoms with Crippen molar-refractivity contribution in [3.8, 4) is 11.8 Å². The lowest BCUT2D eigenvalue weighted by atomic mass is 9.78. The summed E-state index contributed by atoms with van der Waals surface area (Å²) in [4.78, 5) is 4.46. The van der Waals surface area contributed by atoms with Crippen molar-refractivity contribution in [2.75, 3.05) is 12.5 Å². The summed E-state index contributed by atoms with van der Waals surface area (Å²) in [6.07, 6.45) is 6.52. The molecule has 1 aromatic carbocycles. The molecule has 0 fully saturated rings. The number of halogens is 2. The number of nitrogens with one attached hydrogen (secondary N) is 1.